The van der Waals surface area contributed by atoms with Gasteiger partial charge in [0.2, 0.25) is 0 Å². The van der Waals surface area contributed by atoms with Crippen LogP contribution < -0.4 is 15.7 Å². The van der Waals surface area contributed by atoms with Crippen molar-refractivity contribution in [3.63, 3.8) is 0 Å². The summed E-state index contributed by atoms with van der Waals surface area (Å²) in [4.78, 5) is 28.6. The summed E-state index contributed by atoms with van der Waals surface area (Å²) in [5, 5.41) is 26.2. The summed E-state index contributed by atoms with van der Waals surface area (Å²) in [5.74, 6) is 0. The van der Waals surface area contributed by atoms with Gasteiger partial charge in [-0.25, -0.2) is 15.0 Å². The summed E-state index contributed by atoms with van der Waals surface area (Å²) in [5.41, 5.74) is 37.6. The molecule has 662 valence electrons. The first-order valence-corrected chi connectivity index (χ1v) is 47.1. The van der Waals surface area contributed by atoms with Gasteiger partial charge in [-0.2, -0.15) is 0 Å². The van der Waals surface area contributed by atoms with Gasteiger partial charge in [0.05, 0.1) is 68.0 Å². The van der Waals surface area contributed by atoms with Crippen molar-refractivity contribution in [2.45, 2.75) is 37.6 Å². The van der Waals surface area contributed by atoms with Crippen molar-refractivity contribution < 1.29 is 42.1 Å². The Labute approximate surface area is 832 Å². The molecular weight excluding hydrogens is 2060 g/mol. The number of aryl methyl sites for hydroxylation is 1. The first-order valence-electron chi connectivity index (χ1n) is 47.1. The molecule has 4 atom stereocenters. The Morgan fingerprint density at radius 3 is 1.22 bits per heavy atom. The molecule has 27 rings (SSSR count). The van der Waals surface area contributed by atoms with Crippen molar-refractivity contribution in [1.82, 2.24) is 18.7 Å². The van der Waals surface area contributed by atoms with Gasteiger partial charge >= 0.3 is 42.1 Å². The molecule has 11 nitrogen and oxygen atoms in total. The van der Waals surface area contributed by atoms with Gasteiger partial charge in [0, 0.05) is 66.8 Å². The van der Waals surface area contributed by atoms with E-state index in [0.29, 0.717) is 0 Å². The maximum Gasteiger partial charge on any atom is 2.00 e. The Hall–Kier alpha value is -16.4. The number of nitrogens with zero attached hydrogens (tertiary/aromatic N) is 11. The van der Waals surface area contributed by atoms with Crippen LogP contribution in [0.15, 0.2) is 503 Å². The number of benzene rings is 14. The molecule has 14 aromatic carbocycles. The van der Waals surface area contributed by atoms with Crippen molar-refractivity contribution in [2.24, 2.45) is 20.0 Å². The summed E-state index contributed by atoms with van der Waals surface area (Å²) in [6.07, 6.45) is 26.6. The maximum atomic E-state index is 6.06. The Morgan fingerprint density at radius 1 is 0.281 bits per heavy atom. The second-order valence-corrected chi connectivity index (χ2v) is 35.9. The summed E-state index contributed by atoms with van der Waals surface area (Å²) in [7, 11) is 0. The van der Waals surface area contributed by atoms with Gasteiger partial charge < -0.3 is 34.6 Å². The third kappa shape index (κ3) is 14.2. The van der Waals surface area contributed by atoms with Crippen molar-refractivity contribution in [3.8, 4) is 11.4 Å². The van der Waals surface area contributed by atoms with E-state index in [2.05, 4.69) is 470 Å². The van der Waals surface area contributed by atoms with Crippen LogP contribution in [0.2, 0.25) is 0 Å². The Morgan fingerprint density at radius 2 is 0.691 bits per heavy atom. The molecule has 13 heterocycles. The largest absolute Gasteiger partial charge is 2.00 e. The van der Waals surface area contributed by atoms with Crippen LogP contribution in [0, 0.1) is 0 Å². The van der Waals surface area contributed by atoms with Crippen molar-refractivity contribution >= 4 is 144 Å². The van der Waals surface area contributed by atoms with E-state index >= 15 is 0 Å². The third-order valence-electron chi connectivity index (χ3n) is 28.2. The minimum absolute atomic E-state index is 0. The van der Waals surface area contributed by atoms with E-state index in [1.54, 1.807) is 0 Å². The molecule has 9 aliphatic rings. The molecule has 139 heavy (non-hydrogen) atoms. The number of rotatable bonds is 13. The molecule has 0 spiro atoms. The van der Waals surface area contributed by atoms with E-state index in [-0.39, 0.29) is 54.2 Å². The molecule has 16 bridgehead atoms. The molecule has 13 heteroatoms. The molecule has 0 radical (unpaired) electrons. The molecule has 4 unspecified atom stereocenters. The first kappa shape index (κ1) is 84.3. The molecule has 0 fully saturated rings. The minimum atomic E-state index is -0.511. The Balaban J connectivity index is 0.00000511. The molecular formula is C126H83N11Pt2. The third-order valence-corrected chi connectivity index (χ3v) is 28.2. The van der Waals surface area contributed by atoms with Gasteiger partial charge in [-0.3, -0.25) is 4.99 Å². The predicted octanol–water partition coefficient (Wildman–Crippen LogP) is 27.6. The van der Waals surface area contributed by atoms with Gasteiger partial charge in [-0.15, -0.1) is 27.8 Å². The SMILES string of the molecule is CCn1c2ccc(-n3c4ccccc4c4cc(C5=CC6=NC/5=C(/c5ccccc5)C5C=C/C(=C(\c7ccccc7)C7=N/C(=C(/c8ccccc8)C8C=C/C(=C/6c6ccccc6)[N-]8)C=C7)[N-]5)ccc43)cc2c2cc(-n3c4ccccc4c4cc(C5=C/C6=C(\c7ccccc7)C7=NC(C=C7)/C(c7ccccc7)=c7/cc/c([n-]7)=C(\c7ccccc7)C7=N/C(=C(/c8ccccc8)C5[N-]6)C=C7)ccc43)ccc21.[Pt+2].[Pt+2]. The van der Waals surface area contributed by atoms with E-state index < -0.39 is 12.1 Å². The van der Waals surface area contributed by atoms with Gasteiger partial charge in [0.15, 0.2) is 0 Å². The van der Waals surface area contributed by atoms with Crippen molar-refractivity contribution in [1.29, 1.82) is 0 Å². The van der Waals surface area contributed by atoms with Gasteiger partial charge in [-0.1, -0.05) is 363 Å². The number of fused-ring (bicyclic) bond motifs is 21. The summed E-state index contributed by atoms with van der Waals surface area (Å²) >= 11 is 0. The average molecular weight is 2140 g/mol. The second-order valence-electron chi connectivity index (χ2n) is 35.9. The Kier molecular flexibility index (Phi) is 21.1. The number of hydrogen-bond acceptors (Lipinski definition) is 4. The van der Waals surface area contributed by atoms with E-state index in [9.17, 15) is 0 Å². The molecule has 0 amide bonds. The van der Waals surface area contributed by atoms with Gasteiger partial charge in [-0.05, 0) is 216 Å². The average Bonchev–Trinajstić information content (AvgIpc) is 1.56. The fourth-order valence-corrected chi connectivity index (χ4v) is 22.2. The second kappa shape index (κ2) is 34.7. The van der Waals surface area contributed by atoms with Crippen LogP contribution in [0.4, 0.5) is 0 Å². The fourth-order valence-electron chi connectivity index (χ4n) is 22.2. The minimum Gasteiger partial charge on any atom is -0.674 e. The summed E-state index contributed by atoms with van der Waals surface area (Å²) in [6, 6.07) is 134. The summed E-state index contributed by atoms with van der Waals surface area (Å²) < 4.78 is 7.41. The number of para-hydroxylation sites is 2. The van der Waals surface area contributed by atoms with E-state index in [1.165, 1.54) is 21.8 Å². The van der Waals surface area contributed by atoms with Crippen LogP contribution >= 0.6 is 0 Å². The van der Waals surface area contributed by atoms with Crippen molar-refractivity contribution in [3.05, 3.63) is 565 Å². The molecule has 18 aromatic rings. The normalized spacial score (nSPS) is 21.8. The Bertz CT molecular complexity index is 8970. The molecule has 0 aliphatic carbocycles. The standard InChI is InChI=1S/C126H83N11.2Pt/c1-2-135-111-69-53-87(136-113-49-29-27-47-89(113)93-71-85(51-67-115(93)136)91-75-109-121(81-39-19-7-20-40-81)105-61-59-101(129-105)117(77-31-11-3-12-32-77)97-55-57-99(127-97)119(79-35-15-5-16-36-79)103-63-65-107(131-103)123(125(91)133-109)83-43-23-9-24-44-83)73-95(111)96-74-88(54-70-112(96)135)137-114-50-30-28-48-90(114)94-72-86(52-68-116(94)137)92-76-110-122(82-41-21-8-22-42-82)106-62-60-102(130-106)118(78-33-13-4-14-34-78)98-56-58-100(128-98)120(80-37-17-6-18-38-80)104-64-66-108(132-104)124(126(92)134-110)84-45-25-10-26-46-84;;/h3-76,101-102,107,126H,2H2,1H3;;/q-4;2*+2/b117-97-,118-98-,119-103-,120-100-,121-105-,122-110-,124-108-,125-123-;;. The topological polar surface area (TPSA) is 121 Å². The zero-order valence-corrected chi connectivity index (χ0v) is 79.8. The number of aromatic nitrogens is 4. The number of hydrogen-bond donors (Lipinski definition) is 0. The van der Waals surface area contributed by atoms with E-state index in [1.807, 2.05) is 0 Å². The number of aliphatic imine (C=N–C) groups is 4. The smallest absolute Gasteiger partial charge is 0.674 e. The molecule has 4 aromatic heterocycles. The van der Waals surface area contributed by atoms with Crippen LogP contribution in [0.1, 0.15) is 62.6 Å². The first-order chi connectivity index (χ1) is 67.9. The summed E-state index contributed by atoms with van der Waals surface area (Å²) in [6.45, 7) is 3.04. The molecule has 0 N–H and O–H groups in total. The number of allylic oxidation sites excluding steroid dienone is 13. The van der Waals surface area contributed by atoms with E-state index in [0.717, 1.165) is 241 Å². The van der Waals surface area contributed by atoms with Crippen LogP contribution in [0.25, 0.3) is 148 Å². The zero-order valence-electron chi connectivity index (χ0n) is 75.3. The van der Waals surface area contributed by atoms with Crippen LogP contribution in [-0.2, 0) is 48.7 Å². The van der Waals surface area contributed by atoms with Gasteiger partial charge in [0.1, 0.15) is 0 Å². The maximum absolute atomic E-state index is 6.06. The molecule has 0 saturated carbocycles. The van der Waals surface area contributed by atoms with Gasteiger partial charge in [0.25, 0.3) is 0 Å². The van der Waals surface area contributed by atoms with Crippen LogP contribution in [0.3, 0.4) is 0 Å². The van der Waals surface area contributed by atoms with Crippen LogP contribution in [-0.4, -0.2) is 60.7 Å². The van der Waals surface area contributed by atoms with E-state index in [4.69, 9.17) is 40.9 Å². The zero-order chi connectivity index (χ0) is 90.3. The fraction of sp³-hybridized carbons (Fsp3) is 0.0476. The molecule has 0 saturated heterocycles. The quantitative estimate of drug-likeness (QED) is 0.112. The monoisotopic (exact) mass is 2140 g/mol. The van der Waals surface area contributed by atoms with Crippen molar-refractivity contribution in [2.75, 3.05) is 0 Å². The predicted molar refractivity (Wildman–Crippen MR) is 568 cm³/mol. The van der Waals surface area contributed by atoms with Crippen LogP contribution in [0.5, 0.6) is 0 Å². The molecule has 9 aliphatic heterocycles.